The molecule has 1 aromatic carbocycles. The Morgan fingerprint density at radius 3 is 2.84 bits per heavy atom. The number of ether oxygens (including phenoxy) is 2. The van der Waals surface area contributed by atoms with Crippen LogP contribution < -0.4 is 15.4 Å². The first kappa shape index (κ1) is 17.8. The van der Waals surface area contributed by atoms with E-state index >= 15 is 0 Å². The number of nitrogens with one attached hydrogen (secondary N) is 2. The number of benzene rings is 1. The molecule has 1 aliphatic rings. The highest BCUT2D eigenvalue weighted by Gasteiger charge is 2.16. The van der Waals surface area contributed by atoms with E-state index in [9.17, 15) is 0 Å². The molecule has 6 nitrogen and oxygen atoms in total. The van der Waals surface area contributed by atoms with Gasteiger partial charge in [-0.2, -0.15) is 4.98 Å². The van der Waals surface area contributed by atoms with Crippen LogP contribution in [-0.2, 0) is 4.74 Å². The van der Waals surface area contributed by atoms with E-state index in [4.69, 9.17) is 21.1 Å². The van der Waals surface area contributed by atoms with Crippen LogP contribution in [0.3, 0.4) is 0 Å². The van der Waals surface area contributed by atoms with Gasteiger partial charge in [-0.3, -0.25) is 0 Å². The van der Waals surface area contributed by atoms with Gasteiger partial charge in [-0.05, 0) is 38.3 Å². The minimum absolute atomic E-state index is 0.236. The number of hydrogen-bond acceptors (Lipinski definition) is 6. The summed E-state index contributed by atoms with van der Waals surface area (Å²) in [5, 5.41) is 7.22. The average Bonchev–Trinajstić information content (AvgIpc) is 3.09. The van der Waals surface area contributed by atoms with Crippen molar-refractivity contribution in [3.8, 4) is 5.75 Å². The molecule has 0 bridgehead atoms. The van der Waals surface area contributed by atoms with E-state index in [1.807, 2.05) is 26.0 Å². The van der Waals surface area contributed by atoms with Gasteiger partial charge in [0.2, 0.25) is 5.95 Å². The maximum absolute atomic E-state index is 6.17. The van der Waals surface area contributed by atoms with Crippen LogP contribution in [0.15, 0.2) is 18.2 Å². The summed E-state index contributed by atoms with van der Waals surface area (Å²) in [5.74, 6) is 1.95. The molecular formula is C18H23ClN4O2. The Hall–Kier alpha value is -2.05. The fraction of sp³-hybridized carbons (Fsp3) is 0.444. The fourth-order valence-corrected chi connectivity index (χ4v) is 2.94. The average molecular weight is 363 g/mol. The third kappa shape index (κ3) is 4.52. The number of hydrogen-bond donors (Lipinski definition) is 2. The number of methoxy groups -OCH3 is 1. The van der Waals surface area contributed by atoms with Crippen LogP contribution in [0, 0.1) is 13.8 Å². The second-order valence-corrected chi connectivity index (χ2v) is 6.57. The number of nitrogens with zero attached hydrogens (tertiary/aromatic N) is 2. The molecule has 1 atom stereocenters. The van der Waals surface area contributed by atoms with E-state index in [2.05, 4.69) is 20.6 Å². The summed E-state index contributed by atoms with van der Waals surface area (Å²) in [6.07, 6.45) is 2.42. The lowest BCUT2D eigenvalue weighted by atomic mass is 10.2. The van der Waals surface area contributed by atoms with Gasteiger partial charge in [0.05, 0.1) is 18.9 Å². The summed E-state index contributed by atoms with van der Waals surface area (Å²) in [5.41, 5.74) is 2.65. The summed E-state index contributed by atoms with van der Waals surface area (Å²) >= 11 is 6.17. The van der Waals surface area contributed by atoms with Gasteiger partial charge in [0.15, 0.2) is 0 Å². The van der Waals surface area contributed by atoms with E-state index in [-0.39, 0.29) is 6.10 Å². The van der Waals surface area contributed by atoms with Crippen molar-refractivity contribution >= 4 is 29.1 Å². The topological polar surface area (TPSA) is 68.3 Å². The second-order valence-electron chi connectivity index (χ2n) is 6.16. The van der Waals surface area contributed by atoms with Gasteiger partial charge in [0.25, 0.3) is 0 Å². The van der Waals surface area contributed by atoms with Crippen molar-refractivity contribution in [3.63, 3.8) is 0 Å². The third-order valence-electron chi connectivity index (χ3n) is 4.11. The van der Waals surface area contributed by atoms with E-state index in [1.54, 1.807) is 13.2 Å². The van der Waals surface area contributed by atoms with Crippen LogP contribution in [0.4, 0.5) is 17.5 Å². The summed E-state index contributed by atoms with van der Waals surface area (Å²) in [6.45, 7) is 5.44. The van der Waals surface area contributed by atoms with Crippen LogP contribution in [0.2, 0.25) is 5.02 Å². The maximum atomic E-state index is 6.17. The molecule has 3 rings (SSSR count). The molecule has 0 amide bonds. The Morgan fingerprint density at radius 2 is 2.12 bits per heavy atom. The molecule has 0 spiro atoms. The Kier molecular flexibility index (Phi) is 5.60. The number of anilines is 3. The minimum Gasteiger partial charge on any atom is -0.495 e. The highest BCUT2D eigenvalue weighted by atomic mass is 35.5. The minimum atomic E-state index is 0.236. The molecule has 2 N–H and O–H groups in total. The highest BCUT2D eigenvalue weighted by molar-refractivity contribution is 6.31. The van der Waals surface area contributed by atoms with E-state index in [0.29, 0.717) is 29.1 Å². The van der Waals surface area contributed by atoms with E-state index in [1.165, 1.54) is 0 Å². The zero-order chi connectivity index (χ0) is 17.8. The van der Waals surface area contributed by atoms with Crippen molar-refractivity contribution in [2.45, 2.75) is 32.8 Å². The molecule has 25 heavy (non-hydrogen) atoms. The molecule has 7 heteroatoms. The zero-order valence-corrected chi connectivity index (χ0v) is 15.5. The van der Waals surface area contributed by atoms with Crippen LogP contribution in [0.25, 0.3) is 0 Å². The molecule has 1 saturated heterocycles. The van der Waals surface area contributed by atoms with Crippen LogP contribution in [0.1, 0.15) is 24.1 Å². The Labute approximate surface area is 152 Å². The summed E-state index contributed by atoms with van der Waals surface area (Å²) in [6, 6.07) is 5.63. The highest BCUT2D eigenvalue weighted by Crippen LogP contribution is 2.32. The van der Waals surface area contributed by atoms with Crippen molar-refractivity contribution in [1.29, 1.82) is 0 Å². The van der Waals surface area contributed by atoms with Gasteiger partial charge in [-0.15, -0.1) is 0 Å². The third-order valence-corrected chi connectivity index (χ3v) is 4.52. The van der Waals surface area contributed by atoms with Gasteiger partial charge in [0, 0.05) is 36.0 Å². The SMILES string of the molecule is COc1cc(Cl)c(C)cc1Nc1cc(C)nc(NCC2CCCO2)n1. The van der Waals surface area contributed by atoms with E-state index < -0.39 is 0 Å². The van der Waals surface area contributed by atoms with Crippen molar-refractivity contribution in [2.24, 2.45) is 0 Å². The molecule has 1 aromatic heterocycles. The normalized spacial score (nSPS) is 16.7. The van der Waals surface area contributed by atoms with Gasteiger partial charge in [0.1, 0.15) is 11.6 Å². The number of rotatable bonds is 6. The van der Waals surface area contributed by atoms with Crippen molar-refractivity contribution < 1.29 is 9.47 Å². The summed E-state index contributed by atoms with van der Waals surface area (Å²) < 4.78 is 11.0. The van der Waals surface area contributed by atoms with Gasteiger partial charge in [-0.1, -0.05) is 11.6 Å². The number of halogens is 1. The van der Waals surface area contributed by atoms with Crippen molar-refractivity contribution in [3.05, 3.63) is 34.5 Å². The Morgan fingerprint density at radius 1 is 1.28 bits per heavy atom. The molecule has 2 heterocycles. The largest absolute Gasteiger partial charge is 0.495 e. The molecule has 134 valence electrons. The lowest BCUT2D eigenvalue weighted by molar-refractivity contribution is 0.120. The maximum Gasteiger partial charge on any atom is 0.224 e. The van der Waals surface area contributed by atoms with Crippen LogP contribution in [0.5, 0.6) is 5.75 Å². The van der Waals surface area contributed by atoms with Crippen LogP contribution >= 0.6 is 11.6 Å². The predicted molar refractivity (Wildman–Crippen MR) is 100 cm³/mol. The molecular weight excluding hydrogens is 340 g/mol. The Bertz CT molecular complexity index is 748. The fourth-order valence-electron chi connectivity index (χ4n) is 2.79. The first-order valence-corrected chi connectivity index (χ1v) is 8.75. The van der Waals surface area contributed by atoms with Crippen molar-refractivity contribution in [2.75, 3.05) is 30.9 Å². The molecule has 2 aromatic rings. The molecule has 0 aliphatic carbocycles. The molecule has 1 unspecified atom stereocenters. The van der Waals surface area contributed by atoms with Crippen LogP contribution in [-0.4, -0.2) is 36.3 Å². The quantitative estimate of drug-likeness (QED) is 0.806. The van der Waals surface area contributed by atoms with Gasteiger partial charge in [-0.25, -0.2) is 4.98 Å². The predicted octanol–water partition coefficient (Wildman–Crippen LogP) is 4.09. The smallest absolute Gasteiger partial charge is 0.224 e. The first-order chi connectivity index (χ1) is 12.0. The Balaban J connectivity index is 1.77. The van der Waals surface area contributed by atoms with Crippen molar-refractivity contribution in [1.82, 2.24) is 9.97 Å². The number of aromatic nitrogens is 2. The first-order valence-electron chi connectivity index (χ1n) is 8.37. The summed E-state index contributed by atoms with van der Waals surface area (Å²) in [7, 11) is 1.62. The second kappa shape index (κ2) is 7.89. The summed E-state index contributed by atoms with van der Waals surface area (Å²) in [4.78, 5) is 8.98. The standard InChI is InChI=1S/C18H23ClN4O2/c1-11-7-15(16(24-3)9-14(11)19)22-17-8-12(2)21-18(23-17)20-10-13-5-4-6-25-13/h7-9,13H,4-6,10H2,1-3H3,(H2,20,21,22,23). The molecule has 1 fully saturated rings. The molecule has 0 saturated carbocycles. The lowest BCUT2D eigenvalue weighted by Crippen LogP contribution is -2.20. The number of aryl methyl sites for hydroxylation is 2. The monoisotopic (exact) mass is 362 g/mol. The molecule has 0 radical (unpaired) electrons. The zero-order valence-electron chi connectivity index (χ0n) is 14.7. The van der Waals surface area contributed by atoms with Gasteiger partial charge < -0.3 is 20.1 Å². The molecule has 1 aliphatic heterocycles. The van der Waals surface area contributed by atoms with E-state index in [0.717, 1.165) is 36.4 Å². The lowest BCUT2D eigenvalue weighted by Gasteiger charge is -2.15. The van der Waals surface area contributed by atoms with Gasteiger partial charge >= 0.3 is 0 Å².